The van der Waals surface area contributed by atoms with E-state index in [1.54, 1.807) is 0 Å². The minimum atomic E-state index is 0.436. The molecule has 1 aromatic heterocycles. The van der Waals surface area contributed by atoms with Gasteiger partial charge in [-0.05, 0) is 31.5 Å². The van der Waals surface area contributed by atoms with Crippen molar-refractivity contribution in [1.82, 2.24) is 10.1 Å². The van der Waals surface area contributed by atoms with E-state index in [0.29, 0.717) is 16.7 Å². The van der Waals surface area contributed by atoms with Gasteiger partial charge in [0, 0.05) is 5.56 Å². The second-order valence-corrected chi connectivity index (χ2v) is 5.18. The van der Waals surface area contributed by atoms with E-state index in [-0.39, 0.29) is 0 Å². The Hall–Kier alpha value is -2.13. The first-order valence-electron chi connectivity index (χ1n) is 6.31. The zero-order valence-corrected chi connectivity index (χ0v) is 12.0. The van der Waals surface area contributed by atoms with Gasteiger partial charge in [-0.3, -0.25) is 0 Å². The molecule has 0 spiro atoms. The van der Waals surface area contributed by atoms with Crippen LogP contribution in [-0.4, -0.2) is 10.1 Å². The molecule has 3 nitrogen and oxygen atoms in total. The van der Waals surface area contributed by atoms with Crippen LogP contribution in [0.15, 0.2) is 47.0 Å². The number of nitrogens with zero attached hydrogens (tertiary/aromatic N) is 2. The van der Waals surface area contributed by atoms with Crippen molar-refractivity contribution < 1.29 is 4.52 Å². The highest BCUT2D eigenvalue weighted by Crippen LogP contribution is 2.29. The first-order chi connectivity index (χ1) is 9.63. The van der Waals surface area contributed by atoms with Crippen LogP contribution >= 0.6 is 11.6 Å². The summed E-state index contributed by atoms with van der Waals surface area (Å²) in [7, 11) is 0. The molecule has 2 aromatic carbocycles. The molecular formula is C16H13ClN2O. The van der Waals surface area contributed by atoms with Crippen LogP contribution in [-0.2, 0) is 0 Å². The molecule has 0 radical (unpaired) electrons. The third-order valence-electron chi connectivity index (χ3n) is 3.09. The average Bonchev–Trinajstić information content (AvgIpc) is 2.89. The predicted octanol–water partition coefficient (Wildman–Crippen LogP) is 4.67. The smallest absolute Gasteiger partial charge is 0.259 e. The van der Waals surface area contributed by atoms with E-state index in [9.17, 15) is 0 Å². The van der Waals surface area contributed by atoms with Gasteiger partial charge in [0.2, 0.25) is 5.82 Å². The maximum Gasteiger partial charge on any atom is 0.259 e. The molecule has 0 saturated heterocycles. The maximum absolute atomic E-state index is 6.21. The number of aromatic nitrogens is 2. The predicted molar refractivity (Wildman–Crippen MR) is 79.7 cm³/mol. The fraction of sp³-hybridized carbons (Fsp3) is 0.125. The number of aryl methyl sites for hydroxylation is 2. The molecule has 3 rings (SSSR count). The lowest BCUT2D eigenvalue weighted by atomic mass is 10.1. The topological polar surface area (TPSA) is 38.9 Å². The maximum atomic E-state index is 6.21. The van der Waals surface area contributed by atoms with Crippen LogP contribution in [0.2, 0.25) is 5.02 Å². The van der Waals surface area contributed by atoms with Crippen LogP contribution in [0.5, 0.6) is 0 Å². The first kappa shape index (κ1) is 12.9. The summed E-state index contributed by atoms with van der Waals surface area (Å²) in [5.74, 6) is 1.00. The molecule has 3 aromatic rings. The van der Waals surface area contributed by atoms with Crippen LogP contribution in [0.3, 0.4) is 0 Å². The Labute approximate surface area is 122 Å². The summed E-state index contributed by atoms with van der Waals surface area (Å²) >= 11 is 6.21. The van der Waals surface area contributed by atoms with Gasteiger partial charge in [-0.1, -0.05) is 52.7 Å². The molecule has 100 valence electrons. The average molecular weight is 285 g/mol. The van der Waals surface area contributed by atoms with E-state index < -0.39 is 0 Å². The highest BCUT2D eigenvalue weighted by atomic mass is 35.5. The largest absolute Gasteiger partial charge is 0.334 e. The number of hydrogen-bond donors (Lipinski definition) is 0. The lowest BCUT2D eigenvalue weighted by molar-refractivity contribution is 0.432. The number of rotatable bonds is 2. The van der Waals surface area contributed by atoms with Crippen LogP contribution in [0.4, 0.5) is 0 Å². The molecular weight excluding hydrogens is 272 g/mol. The standard InChI is InChI=1S/C16H13ClN2O/c1-10-3-6-12(7-4-10)15-18-16(20-19-15)13-8-5-11(2)9-14(13)17/h3-9H,1-2H3. The third kappa shape index (κ3) is 2.45. The normalized spacial score (nSPS) is 10.8. The molecule has 0 N–H and O–H groups in total. The lowest BCUT2D eigenvalue weighted by Crippen LogP contribution is -1.83. The first-order valence-corrected chi connectivity index (χ1v) is 6.68. The van der Waals surface area contributed by atoms with Crippen LogP contribution in [0.1, 0.15) is 11.1 Å². The Morgan fingerprint density at radius 3 is 2.35 bits per heavy atom. The minimum Gasteiger partial charge on any atom is -0.334 e. The van der Waals surface area contributed by atoms with Gasteiger partial charge < -0.3 is 4.52 Å². The molecule has 1 heterocycles. The molecule has 0 amide bonds. The summed E-state index contributed by atoms with van der Waals surface area (Å²) in [4.78, 5) is 4.41. The van der Waals surface area contributed by atoms with E-state index in [1.807, 2.05) is 56.3 Å². The Balaban J connectivity index is 1.99. The molecule has 4 heteroatoms. The van der Waals surface area contributed by atoms with Crippen molar-refractivity contribution in [2.45, 2.75) is 13.8 Å². The Kier molecular flexibility index (Phi) is 3.28. The molecule has 20 heavy (non-hydrogen) atoms. The van der Waals surface area contributed by atoms with Gasteiger partial charge in [0.05, 0.1) is 10.6 Å². The number of benzene rings is 2. The molecule has 0 aliphatic carbocycles. The van der Waals surface area contributed by atoms with Gasteiger partial charge in [-0.15, -0.1) is 0 Å². The molecule has 0 aliphatic heterocycles. The molecule has 0 aliphatic rings. The van der Waals surface area contributed by atoms with Crippen molar-refractivity contribution in [2.24, 2.45) is 0 Å². The van der Waals surface area contributed by atoms with E-state index in [4.69, 9.17) is 16.1 Å². The monoisotopic (exact) mass is 284 g/mol. The van der Waals surface area contributed by atoms with Gasteiger partial charge in [-0.25, -0.2) is 0 Å². The Morgan fingerprint density at radius 1 is 0.950 bits per heavy atom. The van der Waals surface area contributed by atoms with Crippen LogP contribution in [0.25, 0.3) is 22.8 Å². The molecule has 0 atom stereocenters. The summed E-state index contributed by atoms with van der Waals surface area (Å²) in [5, 5.41) is 4.63. The highest BCUT2D eigenvalue weighted by molar-refractivity contribution is 6.33. The lowest BCUT2D eigenvalue weighted by Gasteiger charge is -1.99. The van der Waals surface area contributed by atoms with Crippen molar-refractivity contribution in [1.29, 1.82) is 0 Å². The van der Waals surface area contributed by atoms with Crippen LogP contribution in [0, 0.1) is 13.8 Å². The Morgan fingerprint density at radius 2 is 1.65 bits per heavy atom. The van der Waals surface area contributed by atoms with Crippen molar-refractivity contribution >= 4 is 11.6 Å². The van der Waals surface area contributed by atoms with E-state index in [1.165, 1.54) is 5.56 Å². The summed E-state index contributed by atoms with van der Waals surface area (Å²) in [6.45, 7) is 4.03. The third-order valence-corrected chi connectivity index (χ3v) is 3.40. The van der Waals surface area contributed by atoms with Gasteiger partial charge in [0.25, 0.3) is 5.89 Å². The summed E-state index contributed by atoms with van der Waals surface area (Å²) in [5.41, 5.74) is 3.97. The van der Waals surface area contributed by atoms with Crippen molar-refractivity contribution in [3.8, 4) is 22.8 Å². The Bertz CT molecular complexity index is 747. The molecule has 0 fully saturated rings. The summed E-state index contributed by atoms with van der Waals surface area (Å²) < 4.78 is 5.31. The fourth-order valence-corrected chi connectivity index (χ4v) is 2.26. The van der Waals surface area contributed by atoms with Gasteiger partial charge in [0.15, 0.2) is 0 Å². The van der Waals surface area contributed by atoms with E-state index in [0.717, 1.165) is 16.7 Å². The zero-order valence-electron chi connectivity index (χ0n) is 11.2. The van der Waals surface area contributed by atoms with E-state index >= 15 is 0 Å². The minimum absolute atomic E-state index is 0.436. The fourth-order valence-electron chi connectivity index (χ4n) is 1.95. The molecule has 0 saturated carbocycles. The van der Waals surface area contributed by atoms with Crippen LogP contribution < -0.4 is 0 Å². The number of hydrogen-bond acceptors (Lipinski definition) is 3. The van der Waals surface area contributed by atoms with E-state index in [2.05, 4.69) is 10.1 Å². The zero-order chi connectivity index (χ0) is 14.1. The van der Waals surface area contributed by atoms with Crippen molar-refractivity contribution in [3.63, 3.8) is 0 Å². The molecule has 0 bridgehead atoms. The quantitative estimate of drug-likeness (QED) is 0.686. The number of halogens is 1. The van der Waals surface area contributed by atoms with Gasteiger partial charge in [0.1, 0.15) is 0 Å². The summed E-state index contributed by atoms with van der Waals surface area (Å²) in [6.07, 6.45) is 0. The van der Waals surface area contributed by atoms with Gasteiger partial charge in [-0.2, -0.15) is 4.98 Å². The molecule has 0 unspecified atom stereocenters. The van der Waals surface area contributed by atoms with Crippen molar-refractivity contribution in [3.05, 3.63) is 58.6 Å². The van der Waals surface area contributed by atoms with Crippen molar-refractivity contribution in [2.75, 3.05) is 0 Å². The second-order valence-electron chi connectivity index (χ2n) is 4.77. The SMILES string of the molecule is Cc1ccc(-c2noc(-c3ccc(C)cc3Cl)n2)cc1. The second kappa shape index (κ2) is 5.10. The highest BCUT2D eigenvalue weighted by Gasteiger charge is 2.13. The van der Waals surface area contributed by atoms with Gasteiger partial charge >= 0.3 is 0 Å². The summed E-state index contributed by atoms with van der Waals surface area (Å²) in [6, 6.07) is 13.7.